The Morgan fingerprint density at radius 1 is 1.25 bits per heavy atom. The second-order valence-corrected chi connectivity index (χ2v) is 6.69. The lowest BCUT2D eigenvalue weighted by Crippen LogP contribution is -2.44. The van der Waals surface area contributed by atoms with Gasteiger partial charge in [-0.2, -0.15) is 0 Å². The summed E-state index contributed by atoms with van der Waals surface area (Å²) < 4.78 is 5.41. The summed E-state index contributed by atoms with van der Waals surface area (Å²) in [4.78, 5) is 6.84. The van der Waals surface area contributed by atoms with Crippen molar-refractivity contribution < 1.29 is 4.74 Å². The quantitative estimate of drug-likeness (QED) is 0.619. The number of nitrogens with one attached hydrogen (secondary N) is 2. The standard InChI is InChI=1S/C19H32N4O/c1-15(14-23-9-11-24-12-10-23)13-21-19(20-4)22-17(3)18-8-6-5-7-16(18)2/h5-8,15,17H,9-14H2,1-4H3,(H2,20,21,22). The first-order chi connectivity index (χ1) is 11.6. The molecular weight excluding hydrogens is 300 g/mol. The molecule has 0 aromatic heterocycles. The van der Waals surface area contributed by atoms with Gasteiger partial charge in [-0.05, 0) is 30.9 Å². The van der Waals surface area contributed by atoms with Crippen LogP contribution in [-0.2, 0) is 4.74 Å². The molecule has 1 aliphatic rings. The van der Waals surface area contributed by atoms with E-state index >= 15 is 0 Å². The van der Waals surface area contributed by atoms with E-state index in [2.05, 4.69) is 65.6 Å². The summed E-state index contributed by atoms with van der Waals surface area (Å²) in [6, 6.07) is 8.70. The van der Waals surface area contributed by atoms with E-state index in [4.69, 9.17) is 4.74 Å². The van der Waals surface area contributed by atoms with Gasteiger partial charge in [0.25, 0.3) is 0 Å². The van der Waals surface area contributed by atoms with Gasteiger partial charge < -0.3 is 15.4 Å². The highest BCUT2D eigenvalue weighted by Gasteiger charge is 2.15. The summed E-state index contributed by atoms with van der Waals surface area (Å²) in [6.07, 6.45) is 0. The normalized spacial score (nSPS) is 18.9. The van der Waals surface area contributed by atoms with Crippen molar-refractivity contribution >= 4 is 5.96 Å². The van der Waals surface area contributed by atoms with Gasteiger partial charge in [0, 0.05) is 33.2 Å². The third-order valence-corrected chi connectivity index (χ3v) is 4.52. The average Bonchev–Trinajstić information content (AvgIpc) is 2.59. The molecule has 1 aliphatic heterocycles. The average molecular weight is 332 g/mol. The fraction of sp³-hybridized carbons (Fsp3) is 0.632. The molecule has 24 heavy (non-hydrogen) atoms. The zero-order valence-electron chi connectivity index (χ0n) is 15.5. The van der Waals surface area contributed by atoms with Crippen LogP contribution in [0.5, 0.6) is 0 Å². The van der Waals surface area contributed by atoms with Crippen LogP contribution in [-0.4, -0.2) is 57.3 Å². The van der Waals surface area contributed by atoms with E-state index < -0.39 is 0 Å². The van der Waals surface area contributed by atoms with Crippen molar-refractivity contribution in [2.24, 2.45) is 10.9 Å². The number of ether oxygens (including phenoxy) is 1. The van der Waals surface area contributed by atoms with E-state index in [0.717, 1.165) is 45.4 Å². The van der Waals surface area contributed by atoms with Crippen LogP contribution in [0.15, 0.2) is 29.3 Å². The van der Waals surface area contributed by atoms with E-state index in [1.807, 2.05) is 7.05 Å². The number of rotatable bonds is 6. The summed E-state index contributed by atoms with van der Waals surface area (Å²) in [5, 5.41) is 6.95. The molecule has 5 heteroatoms. The molecule has 1 fully saturated rings. The van der Waals surface area contributed by atoms with E-state index in [-0.39, 0.29) is 6.04 Å². The highest BCUT2D eigenvalue weighted by Crippen LogP contribution is 2.16. The van der Waals surface area contributed by atoms with Gasteiger partial charge >= 0.3 is 0 Å². The topological polar surface area (TPSA) is 48.9 Å². The molecule has 1 heterocycles. The predicted octanol–water partition coefficient (Wildman–Crippen LogP) is 2.19. The van der Waals surface area contributed by atoms with Crippen LogP contribution in [0, 0.1) is 12.8 Å². The second kappa shape index (κ2) is 9.64. The Morgan fingerprint density at radius 3 is 2.62 bits per heavy atom. The molecule has 0 radical (unpaired) electrons. The number of aryl methyl sites for hydroxylation is 1. The van der Waals surface area contributed by atoms with Crippen LogP contribution in [0.1, 0.15) is 31.0 Å². The minimum absolute atomic E-state index is 0.229. The van der Waals surface area contributed by atoms with Gasteiger partial charge in [0.05, 0.1) is 19.3 Å². The van der Waals surface area contributed by atoms with Crippen molar-refractivity contribution in [2.45, 2.75) is 26.8 Å². The molecule has 134 valence electrons. The van der Waals surface area contributed by atoms with E-state index in [9.17, 15) is 0 Å². The first-order valence-electron chi connectivity index (χ1n) is 8.93. The SMILES string of the molecule is CN=C(NCC(C)CN1CCOCC1)NC(C)c1ccccc1C. The van der Waals surface area contributed by atoms with Gasteiger partial charge in [-0.3, -0.25) is 9.89 Å². The van der Waals surface area contributed by atoms with Crippen molar-refractivity contribution in [3.63, 3.8) is 0 Å². The monoisotopic (exact) mass is 332 g/mol. The molecule has 0 aliphatic carbocycles. The first kappa shape index (κ1) is 18.7. The lowest BCUT2D eigenvalue weighted by Gasteiger charge is -2.29. The van der Waals surface area contributed by atoms with Gasteiger partial charge in [-0.15, -0.1) is 0 Å². The van der Waals surface area contributed by atoms with Crippen molar-refractivity contribution in [3.8, 4) is 0 Å². The summed E-state index contributed by atoms with van der Waals surface area (Å²) in [5.41, 5.74) is 2.61. The van der Waals surface area contributed by atoms with Gasteiger partial charge in [0.2, 0.25) is 0 Å². The number of nitrogens with zero attached hydrogens (tertiary/aromatic N) is 2. The number of hydrogen-bond donors (Lipinski definition) is 2. The fourth-order valence-corrected chi connectivity index (χ4v) is 3.11. The first-order valence-corrected chi connectivity index (χ1v) is 8.93. The molecule has 2 rings (SSSR count). The number of hydrogen-bond acceptors (Lipinski definition) is 3. The fourth-order valence-electron chi connectivity index (χ4n) is 3.11. The molecule has 0 amide bonds. The number of morpholine rings is 1. The Bertz CT molecular complexity index is 526. The van der Waals surface area contributed by atoms with Crippen LogP contribution in [0.4, 0.5) is 0 Å². The molecule has 1 saturated heterocycles. The van der Waals surface area contributed by atoms with Crippen molar-refractivity contribution in [2.75, 3.05) is 46.4 Å². The lowest BCUT2D eigenvalue weighted by atomic mass is 10.0. The molecule has 2 N–H and O–H groups in total. The maximum atomic E-state index is 5.41. The maximum absolute atomic E-state index is 5.41. The number of aliphatic imine (C=N–C) groups is 1. The maximum Gasteiger partial charge on any atom is 0.191 e. The largest absolute Gasteiger partial charge is 0.379 e. The summed E-state index contributed by atoms with van der Waals surface area (Å²) in [7, 11) is 1.83. The molecule has 1 aromatic rings. The Morgan fingerprint density at radius 2 is 1.96 bits per heavy atom. The zero-order valence-corrected chi connectivity index (χ0v) is 15.5. The van der Waals surface area contributed by atoms with Gasteiger partial charge in [-0.1, -0.05) is 31.2 Å². The van der Waals surface area contributed by atoms with Crippen molar-refractivity contribution in [1.82, 2.24) is 15.5 Å². The number of benzene rings is 1. The van der Waals surface area contributed by atoms with E-state index in [1.165, 1.54) is 11.1 Å². The molecule has 0 saturated carbocycles. The Balaban J connectivity index is 1.78. The Hall–Kier alpha value is -1.59. The highest BCUT2D eigenvalue weighted by molar-refractivity contribution is 5.80. The predicted molar refractivity (Wildman–Crippen MR) is 101 cm³/mol. The van der Waals surface area contributed by atoms with Gasteiger partial charge in [-0.25, -0.2) is 0 Å². The Labute approximate surface area is 146 Å². The summed E-state index contributed by atoms with van der Waals surface area (Å²) in [5.74, 6) is 1.43. The van der Waals surface area contributed by atoms with Crippen LogP contribution in [0.25, 0.3) is 0 Å². The minimum atomic E-state index is 0.229. The molecule has 2 unspecified atom stereocenters. The molecule has 2 atom stereocenters. The van der Waals surface area contributed by atoms with Crippen LogP contribution in [0.3, 0.4) is 0 Å². The zero-order chi connectivity index (χ0) is 17.4. The van der Waals surface area contributed by atoms with Crippen molar-refractivity contribution in [1.29, 1.82) is 0 Å². The smallest absolute Gasteiger partial charge is 0.191 e. The van der Waals surface area contributed by atoms with Crippen LogP contribution in [0.2, 0.25) is 0 Å². The molecular formula is C19H32N4O. The molecule has 0 spiro atoms. The summed E-state index contributed by atoms with van der Waals surface area (Å²) in [6.45, 7) is 12.4. The van der Waals surface area contributed by atoms with Crippen molar-refractivity contribution in [3.05, 3.63) is 35.4 Å². The van der Waals surface area contributed by atoms with Gasteiger partial charge in [0.1, 0.15) is 0 Å². The summed E-state index contributed by atoms with van der Waals surface area (Å²) >= 11 is 0. The van der Waals surface area contributed by atoms with Crippen LogP contribution >= 0.6 is 0 Å². The van der Waals surface area contributed by atoms with Gasteiger partial charge in [0.15, 0.2) is 5.96 Å². The van der Waals surface area contributed by atoms with E-state index in [1.54, 1.807) is 0 Å². The highest BCUT2D eigenvalue weighted by atomic mass is 16.5. The number of guanidine groups is 1. The lowest BCUT2D eigenvalue weighted by molar-refractivity contribution is 0.0320. The Kier molecular flexibility index (Phi) is 7.53. The third-order valence-electron chi connectivity index (χ3n) is 4.52. The molecule has 0 bridgehead atoms. The van der Waals surface area contributed by atoms with E-state index in [0.29, 0.717) is 5.92 Å². The molecule has 1 aromatic carbocycles. The minimum Gasteiger partial charge on any atom is -0.379 e. The second-order valence-electron chi connectivity index (χ2n) is 6.69. The molecule has 5 nitrogen and oxygen atoms in total. The third kappa shape index (κ3) is 5.80. The van der Waals surface area contributed by atoms with Crippen LogP contribution < -0.4 is 10.6 Å².